The highest BCUT2D eigenvalue weighted by molar-refractivity contribution is 5.95. The fourth-order valence-electron chi connectivity index (χ4n) is 3.02. The van der Waals surface area contributed by atoms with E-state index in [1.54, 1.807) is 7.11 Å². The molecule has 0 N–H and O–H groups in total. The summed E-state index contributed by atoms with van der Waals surface area (Å²) in [6.45, 7) is 5.07. The first kappa shape index (κ1) is 15.4. The number of aryl methyl sites for hydroxylation is 1. The molecule has 2 aromatic rings. The van der Waals surface area contributed by atoms with Crippen LogP contribution in [-0.2, 0) is 0 Å². The molecule has 1 fully saturated rings. The highest BCUT2D eigenvalue weighted by Gasteiger charge is 2.24. The lowest BCUT2D eigenvalue weighted by Crippen LogP contribution is -2.49. The first-order valence-electron chi connectivity index (χ1n) is 7.93. The minimum Gasteiger partial charge on any atom is -0.495 e. The summed E-state index contributed by atoms with van der Waals surface area (Å²) in [7, 11) is 1.69. The molecule has 0 aromatic heterocycles. The van der Waals surface area contributed by atoms with Crippen LogP contribution in [0.25, 0.3) is 0 Å². The van der Waals surface area contributed by atoms with Crippen molar-refractivity contribution < 1.29 is 9.53 Å². The van der Waals surface area contributed by atoms with Crippen LogP contribution in [0.4, 0.5) is 5.69 Å². The predicted molar refractivity (Wildman–Crippen MR) is 92.3 cm³/mol. The van der Waals surface area contributed by atoms with Gasteiger partial charge in [0.15, 0.2) is 0 Å². The van der Waals surface area contributed by atoms with Crippen LogP contribution in [-0.4, -0.2) is 44.1 Å². The number of benzene rings is 2. The lowest BCUT2D eigenvalue weighted by Gasteiger charge is -2.36. The molecule has 0 saturated carbocycles. The summed E-state index contributed by atoms with van der Waals surface area (Å²) in [5, 5.41) is 0. The zero-order valence-electron chi connectivity index (χ0n) is 13.7. The Morgan fingerprint density at radius 1 is 0.957 bits per heavy atom. The van der Waals surface area contributed by atoms with E-state index in [9.17, 15) is 4.79 Å². The molecule has 120 valence electrons. The Labute approximate surface area is 137 Å². The monoisotopic (exact) mass is 310 g/mol. The van der Waals surface area contributed by atoms with Gasteiger partial charge >= 0.3 is 0 Å². The van der Waals surface area contributed by atoms with Crippen LogP contribution in [0.15, 0.2) is 48.5 Å². The van der Waals surface area contributed by atoms with Crippen molar-refractivity contribution in [3.63, 3.8) is 0 Å². The third kappa shape index (κ3) is 3.16. The summed E-state index contributed by atoms with van der Waals surface area (Å²) in [6, 6.07) is 15.8. The molecule has 0 spiro atoms. The van der Waals surface area contributed by atoms with E-state index >= 15 is 0 Å². The molecule has 1 aliphatic rings. The summed E-state index contributed by atoms with van der Waals surface area (Å²) in [4.78, 5) is 16.9. The molecular weight excluding hydrogens is 288 g/mol. The van der Waals surface area contributed by atoms with Gasteiger partial charge < -0.3 is 14.5 Å². The van der Waals surface area contributed by atoms with Crippen LogP contribution in [0.5, 0.6) is 5.75 Å². The van der Waals surface area contributed by atoms with Gasteiger partial charge in [0.25, 0.3) is 5.91 Å². The summed E-state index contributed by atoms with van der Waals surface area (Å²) >= 11 is 0. The SMILES string of the molecule is COc1ccccc1N1CCN(C(=O)c2ccccc2C)CC1. The topological polar surface area (TPSA) is 32.8 Å². The second-order valence-corrected chi connectivity index (χ2v) is 5.77. The average Bonchev–Trinajstić information content (AvgIpc) is 2.61. The van der Waals surface area contributed by atoms with Gasteiger partial charge in [0.05, 0.1) is 12.8 Å². The molecule has 0 atom stereocenters. The molecule has 1 heterocycles. The number of methoxy groups -OCH3 is 1. The lowest BCUT2D eigenvalue weighted by atomic mass is 10.1. The normalized spacial score (nSPS) is 14.7. The number of amides is 1. The molecule has 0 radical (unpaired) electrons. The summed E-state index contributed by atoms with van der Waals surface area (Å²) in [5.41, 5.74) is 2.93. The van der Waals surface area contributed by atoms with E-state index in [0.717, 1.165) is 48.7 Å². The Balaban J connectivity index is 1.69. The van der Waals surface area contributed by atoms with Gasteiger partial charge in [-0.1, -0.05) is 30.3 Å². The summed E-state index contributed by atoms with van der Waals surface area (Å²) < 4.78 is 5.44. The van der Waals surface area contributed by atoms with Crippen molar-refractivity contribution >= 4 is 11.6 Å². The molecule has 3 rings (SSSR count). The van der Waals surface area contributed by atoms with Gasteiger partial charge in [0.2, 0.25) is 0 Å². The molecule has 4 nitrogen and oxygen atoms in total. The third-order valence-corrected chi connectivity index (χ3v) is 4.37. The molecule has 4 heteroatoms. The number of para-hydroxylation sites is 2. The molecule has 0 unspecified atom stereocenters. The number of rotatable bonds is 3. The number of hydrogen-bond acceptors (Lipinski definition) is 3. The van der Waals surface area contributed by atoms with Gasteiger partial charge in [-0.25, -0.2) is 0 Å². The van der Waals surface area contributed by atoms with Gasteiger partial charge in [0, 0.05) is 31.7 Å². The van der Waals surface area contributed by atoms with E-state index in [1.165, 1.54) is 0 Å². The van der Waals surface area contributed by atoms with Gasteiger partial charge in [-0.05, 0) is 30.7 Å². The Morgan fingerprint density at radius 3 is 2.30 bits per heavy atom. The highest BCUT2D eigenvalue weighted by atomic mass is 16.5. The highest BCUT2D eigenvalue weighted by Crippen LogP contribution is 2.28. The Hall–Kier alpha value is -2.49. The second-order valence-electron chi connectivity index (χ2n) is 5.77. The third-order valence-electron chi connectivity index (χ3n) is 4.37. The summed E-state index contributed by atoms with van der Waals surface area (Å²) in [6.07, 6.45) is 0. The fourth-order valence-corrected chi connectivity index (χ4v) is 3.02. The predicted octanol–water partition coefficient (Wildman–Crippen LogP) is 2.97. The second kappa shape index (κ2) is 6.73. The number of carbonyl (C=O) groups is 1. The zero-order valence-corrected chi connectivity index (χ0v) is 13.7. The number of nitrogens with zero attached hydrogens (tertiary/aromatic N) is 2. The van der Waals surface area contributed by atoms with E-state index in [-0.39, 0.29) is 5.91 Å². The van der Waals surface area contributed by atoms with Crippen LogP contribution in [0.3, 0.4) is 0 Å². The number of carbonyl (C=O) groups excluding carboxylic acids is 1. The van der Waals surface area contributed by atoms with Crippen molar-refractivity contribution in [1.82, 2.24) is 4.90 Å². The van der Waals surface area contributed by atoms with Crippen molar-refractivity contribution in [2.24, 2.45) is 0 Å². The van der Waals surface area contributed by atoms with E-state index in [1.807, 2.05) is 54.3 Å². The number of ether oxygens (including phenoxy) is 1. The largest absolute Gasteiger partial charge is 0.495 e. The van der Waals surface area contributed by atoms with Crippen LogP contribution >= 0.6 is 0 Å². The molecule has 2 aromatic carbocycles. The van der Waals surface area contributed by atoms with E-state index < -0.39 is 0 Å². The van der Waals surface area contributed by atoms with E-state index in [4.69, 9.17) is 4.74 Å². The number of anilines is 1. The van der Waals surface area contributed by atoms with Crippen molar-refractivity contribution in [2.75, 3.05) is 38.2 Å². The van der Waals surface area contributed by atoms with Gasteiger partial charge in [-0.15, -0.1) is 0 Å². The van der Waals surface area contributed by atoms with Gasteiger partial charge in [0.1, 0.15) is 5.75 Å². The molecule has 1 amide bonds. The summed E-state index contributed by atoms with van der Waals surface area (Å²) in [5.74, 6) is 1.01. The standard InChI is InChI=1S/C19H22N2O2/c1-15-7-3-4-8-16(15)19(22)21-13-11-20(12-14-21)17-9-5-6-10-18(17)23-2/h3-10H,11-14H2,1-2H3. The maximum absolute atomic E-state index is 12.7. The van der Waals surface area contributed by atoms with E-state index in [0.29, 0.717) is 0 Å². The van der Waals surface area contributed by atoms with Crippen LogP contribution in [0.1, 0.15) is 15.9 Å². The Bertz CT molecular complexity index is 691. The number of hydrogen-bond donors (Lipinski definition) is 0. The minimum atomic E-state index is 0.128. The average molecular weight is 310 g/mol. The van der Waals surface area contributed by atoms with Crippen LogP contribution in [0, 0.1) is 6.92 Å². The molecule has 0 bridgehead atoms. The van der Waals surface area contributed by atoms with Gasteiger partial charge in [-0.3, -0.25) is 4.79 Å². The smallest absolute Gasteiger partial charge is 0.254 e. The first-order valence-corrected chi connectivity index (χ1v) is 7.93. The Kier molecular flexibility index (Phi) is 4.51. The van der Waals surface area contributed by atoms with Crippen molar-refractivity contribution in [3.8, 4) is 5.75 Å². The van der Waals surface area contributed by atoms with Crippen LogP contribution in [0.2, 0.25) is 0 Å². The maximum Gasteiger partial charge on any atom is 0.254 e. The van der Waals surface area contributed by atoms with Crippen molar-refractivity contribution in [3.05, 3.63) is 59.7 Å². The molecule has 0 aliphatic carbocycles. The Morgan fingerprint density at radius 2 is 1.61 bits per heavy atom. The molecule has 23 heavy (non-hydrogen) atoms. The van der Waals surface area contributed by atoms with Gasteiger partial charge in [-0.2, -0.15) is 0 Å². The maximum atomic E-state index is 12.7. The molecular formula is C19H22N2O2. The quantitative estimate of drug-likeness (QED) is 0.874. The van der Waals surface area contributed by atoms with E-state index in [2.05, 4.69) is 11.0 Å². The minimum absolute atomic E-state index is 0.128. The van der Waals surface area contributed by atoms with Crippen molar-refractivity contribution in [2.45, 2.75) is 6.92 Å². The molecule has 1 saturated heterocycles. The first-order chi connectivity index (χ1) is 11.2. The lowest BCUT2D eigenvalue weighted by molar-refractivity contribution is 0.0746. The molecule has 1 aliphatic heterocycles. The number of piperazine rings is 1. The fraction of sp³-hybridized carbons (Fsp3) is 0.316. The van der Waals surface area contributed by atoms with Crippen molar-refractivity contribution in [1.29, 1.82) is 0 Å². The zero-order chi connectivity index (χ0) is 16.2. The van der Waals surface area contributed by atoms with Crippen LogP contribution < -0.4 is 9.64 Å².